The van der Waals surface area contributed by atoms with Crippen molar-refractivity contribution in [3.8, 4) is 11.5 Å². The molecule has 0 radical (unpaired) electrons. The van der Waals surface area contributed by atoms with Crippen molar-refractivity contribution in [2.45, 2.75) is 112 Å². The summed E-state index contributed by atoms with van der Waals surface area (Å²) in [5.41, 5.74) is -5.54. The number of esters is 1. The second-order valence-electron chi connectivity index (χ2n) is 17.0. The van der Waals surface area contributed by atoms with E-state index in [0.29, 0.717) is 40.8 Å². The largest absolute Gasteiger partial charge is 0.485 e. The fourth-order valence-corrected chi connectivity index (χ4v) is 14.6. The first kappa shape index (κ1) is 40.7. The molecule has 2 aromatic rings. The summed E-state index contributed by atoms with van der Waals surface area (Å²) in [6.45, 7) is 3.82. The SMILES string of the molecule is CCOC(=O)CCc1cc2ccoc2c2c1OC1OC(CO)(CSSC3CC4CCCC(C)C4CC3NCCO2)C2(O)CC3C=CC(O)C(CO)C3C1(O)C2O. The van der Waals surface area contributed by atoms with Gasteiger partial charge in [0, 0.05) is 53.8 Å². The predicted molar refractivity (Wildman–Crippen MR) is 210 cm³/mol. The summed E-state index contributed by atoms with van der Waals surface area (Å²) in [7, 11) is 3.18. The number of fused-ring (bicyclic) bond motifs is 13. The molecule has 15 heteroatoms. The first-order chi connectivity index (χ1) is 27.0. The van der Waals surface area contributed by atoms with Gasteiger partial charge in [-0.2, -0.15) is 0 Å². The molecule has 3 saturated carbocycles. The molecule has 13 nitrogen and oxygen atoms in total. The molecule has 6 aliphatic rings. The number of furan rings is 1. The molecule has 1 aromatic carbocycles. The van der Waals surface area contributed by atoms with Gasteiger partial charge in [0.1, 0.15) is 23.9 Å². The lowest BCUT2D eigenvalue weighted by Gasteiger charge is -2.66. The Labute approximate surface area is 335 Å². The Balaban J connectivity index is 1.26. The van der Waals surface area contributed by atoms with Gasteiger partial charge in [0.15, 0.2) is 16.9 Å². The fraction of sp³-hybridized carbons (Fsp3) is 0.732. The number of rotatable bonds is 6. The number of aryl methyl sites for hydroxylation is 1. The van der Waals surface area contributed by atoms with Gasteiger partial charge in [-0.1, -0.05) is 59.9 Å². The zero-order valence-corrected chi connectivity index (χ0v) is 33.7. The molecule has 3 heterocycles. The number of carbonyl (C=O) groups excluding carboxylic acids is 1. The van der Waals surface area contributed by atoms with Crippen LogP contribution in [0.5, 0.6) is 11.5 Å². The number of nitrogens with one attached hydrogen (secondary N) is 1. The molecule has 8 rings (SSSR count). The Morgan fingerprint density at radius 2 is 1.96 bits per heavy atom. The third-order valence-electron chi connectivity index (χ3n) is 14.0. The van der Waals surface area contributed by atoms with Gasteiger partial charge in [0.25, 0.3) is 0 Å². The molecule has 0 spiro atoms. The molecule has 7 N–H and O–H groups in total. The topological polar surface area (TPSA) is 201 Å². The van der Waals surface area contributed by atoms with Crippen LogP contribution in [0.15, 0.2) is 35.0 Å². The van der Waals surface area contributed by atoms with E-state index in [-0.39, 0.29) is 61.0 Å². The van der Waals surface area contributed by atoms with Gasteiger partial charge < -0.3 is 59.3 Å². The lowest BCUT2D eigenvalue weighted by molar-refractivity contribution is -0.416. The first-order valence-electron chi connectivity index (χ1n) is 20.4. The third-order valence-corrected chi connectivity index (χ3v) is 17.0. The molecule has 1 saturated heterocycles. The molecular weight excluding hydrogens is 763 g/mol. The van der Waals surface area contributed by atoms with Crippen LogP contribution in [-0.4, -0.2) is 122 Å². The highest BCUT2D eigenvalue weighted by atomic mass is 33.1. The van der Waals surface area contributed by atoms with Crippen LogP contribution in [-0.2, 0) is 20.7 Å². The first-order valence-corrected chi connectivity index (χ1v) is 22.7. The normalized spacial score (nSPS) is 42.4. The molecule has 2 aliphatic heterocycles. The third kappa shape index (κ3) is 6.79. The minimum absolute atomic E-state index is 0.000906. The van der Waals surface area contributed by atoms with Crippen LogP contribution in [0.2, 0.25) is 0 Å². The van der Waals surface area contributed by atoms with E-state index in [2.05, 4.69) is 12.2 Å². The van der Waals surface area contributed by atoms with Gasteiger partial charge in [-0.05, 0) is 74.0 Å². The van der Waals surface area contributed by atoms with E-state index in [0.717, 1.165) is 12.8 Å². The van der Waals surface area contributed by atoms with E-state index in [1.165, 1.54) is 36.3 Å². The van der Waals surface area contributed by atoms with Crippen molar-refractivity contribution in [2.75, 3.05) is 38.7 Å². The maximum atomic E-state index is 13.0. The summed E-state index contributed by atoms with van der Waals surface area (Å²) < 4.78 is 31.4. The van der Waals surface area contributed by atoms with Crippen molar-refractivity contribution in [3.63, 3.8) is 0 Å². The minimum Gasteiger partial charge on any atom is -0.485 e. The fourth-order valence-electron chi connectivity index (χ4n) is 11.1. The molecule has 310 valence electrons. The van der Waals surface area contributed by atoms with E-state index < -0.39 is 72.2 Å². The van der Waals surface area contributed by atoms with E-state index in [4.69, 9.17) is 23.4 Å². The van der Waals surface area contributed by atoms with Gasteiger partial charge in [-0.15, -0.1) is 0 Å². The van der Waals surface area contributed by atoms with Gasteiger partial charge in [0.05, 0.1) is 25.6 Å². The number of hydrogen-bond acceptors (Lipinski definition) is 15. The zero-order chi connectivity index (χ0) is 39.4. The molecule has 0 amide bonds. The number of carbonyl (C=O) groups is 1. The van der Waals surface area contributed by atoms with Crippen LogP contribution in [0.1, 0.15) is 64.4 Å². The number of benzene rings is 1. The summed E-state index contributed by atoms with van der Waals surface area (Å²) in [6.07, 6.45) is 5.66. The second kappa shape index (κ2) is 16.2. The van der Waals surface area contributed by atoms with Crippen LogP contribution in [0.25, 0.3) is 11.0 Å². The highest BCUT2D eigenvalue weighted by Gasteiger charge is 2.76. The Kier molecular flexibility index (Phi) is 11.8. The number of ether oxygens (including phenoxy) is 4. The van der Waals surface area contributed by atoms with Gasteiger partial charge in [-0.3, -0.25) is 4.79 Å². The van der Waals surface area contributed by atoms with Crippen LogP contribution < -0.4 is 14.8 Å². The van der Waals surface area contributed by atoms with Gasteiger partial charge >= 0.3 is 5.97 Å². The molecule has 4 aliphatic carbocycles. The standard InChI is InChI=1S/C41H57NO12S2/c1-3-50-32(46)10-8-24-15-25-11-13-51-34(25)36-35(24)53-38-41(49)33-26(7-9-30(45)28(33)19-43)18-40(48,37(41)47)39(20-44,54-38)21-55-56-31-16-23-6-4-5-22(2)27(23)17-29(31)42-12-14-52-36/h7,9,11,13,15,22-23,26-31,33,37-38,42-45,47-49H,3-6,8,10,12,14,16-21H2,1-2H3. The van der Waals surface area contributed by atoms with Crippen molar-refractivity contribution in [1.82, 2.24) is 5.32 Å². The Hall–Kier alpha value is -2.05. The Morgan fingerprint density at radius 3 is 2.75 bits per heavy atom. The summed E-state index contributed by atoms with van der Waals surface area (Å²) >= 11 is 0. The second-order valence-corrected chi connectivity index (χ2v) is 19.6. The van der Waals surface area contributed by atoms with Crippen molar-refractivity contribution < 1.29 is 58.8 Å². The van der Waals surface area contributed by atoms with Crippen LogP contribution >= 0.6 is 21.6 Å². The highest BCUT2D eigenvalue weighted by Crippen LogP contribution is 2.60. The van der Waals surface area contributed by atoms with Crippen LogP contribution in [0.4, 0.5) is 0 Å². The summed E-state index contributed by atoms with van der Waals surface area (Å²) in [4.78, 5) is 12.7. The minimum atomic E-state index is -2.42. The smallest absolute Gasteiger partial charge is 0.306 e. The zero-order valence-electron chi connectivity index (χ0n) is 32.1. The van der Waals surface area contributed by atoms with E-state index in [9.17, 15) is 35.4 Å². The molecule has 4 fully saturated rings. The Bertz CT molecular complexity index is 1760. The van der Waals surface area contributed by atoms with Crippen LogP contribution in [0, 0.1) is 35.5 Å². The quantitative estimate of drug-likeness (QED) is 0.127. The molecular formula is C41H57NO12S2. The molecule has 14 atom stereocenters. The number of aliphatic hydroxyl groups excluding tert-OH is 4. The monoisotopic (exact) mass is 819 g/mol. The van der Waals surface area contributed by atoms with Gasteiger partial charge in [0.2, 0.25) is 12.0 Å². The van der Waals surface area contributed by atoms with Crippen molar-refractivity contribution in [2.24, 2.45) is 35.5 Å². The van der Waals surface area contributed by atoms with Crippen molar-refractivity contribution in [1.29, 1.82) is 0 Å². The molecule has 56 heavy (non-hydrogen) atoms. The average molecular weight is 820 g/mol. The lowest BCUT2D eigenvalue weighted by atomic mass is 9.51. The maximum absolute atomic E-state index is 13.0. The van der Waals surface area contributed by atoms with Crippen molar-refractivity contribution >= 4 is 38.5 Å². The maximum Gasteiger partial charge on any atom is 0.306 e. The average Bonchev–Trinajstić information content (AvgIpc) is 3.65. The summed E-state index contributed by atoms with van der Waals surface area (Å²) in [5.74, 6) is -0.819. The van der Waals surface area contributed by atoms with E-state index in [1.807, 2.05) is 0 Å². The lowest BCUT2D eigenvalue weighted by Crippen LogP contribution is -2.85. The van der Waals surface area contributed by atoms with Crippen molar-refractivity contribution in [3.05, 3.63) is 36.1 Å². The van der Waals surface area contributed by atoms with Gasteiger partial charge in [-0.25, -0.2) is 0 Å². The molecule has 14 unspecified atom stereocenters. The highest BCUT2D eigenvalue weighted by molar-refractivity contribution is 8.77. The summed E-state index contributed by atoms with van der Waals surface area (Å²) in [6, 6.07) is 3.76. The summed E-state index contributed by atoms with van der Waals surface area (Å²) in [5, 5.41) is 76.0. The van der Waals surface area contributed by atoms with E-state index >= 15 is 0 Å². The number of hydrogen-bond donors (Lipinski definition) is 7. The van der Waals surface area contributed by atoms with E-state index in [1.54, 1.807) is 42.0 Å². The van der Waals surface area contributed by atoms with Crippen LogP contribution in [0.3, 0.4) is 0 Å². The predicted octanol–water partition coefficient (Wildman–Crippen LogP) is 3.34. The number of allylic oxidation sites excluding steroid dienone is 1. The molecule has 1 aromatic heterocycles. The number of aliphatic hydroxyl groups is 6. The molecule has 4 bridgehead atoms. The Morgan fingerprint density at radius 1 is 1.12 bits per heavy atom.